The average Bonchev–Trinajstić information content (AvgIpc) is 2.48. The van der Waals surface area contributed by atoms with E-state index in [1.165, 1.54) is 0 Å². The van der Waals surface area contributed by atoms with E-state index in [0.29, 0.717) is 11.1 Å². The van der Waals surface area contributed by atoms with Crippen molar-refractivity contribution >= 4 is 22.2 Å². The summed E-state index contributed by atoms with van der Waals surface area (Å²) in [6, 6.07) is 17.1. The molecular formula is C14H14N2O6SZn. The van der Waals surface area contributed by atoms with Crippen molar-refractivity contribution in [2.24, 2.45) is 0 Å². The molecule has 0 amide bonds. The van der Waals surface area contributed by atoms with Gasteiger partial charge in [0.15, 0.2) is 0 Å². The normalized spacial score (nSPS) is 9.08. The topological polar surface area (TPSA) is 168 Å². The van der Waals surface area contributed by atoms with E-state index in [1.54, 1.807) is 48.5 Å². The van der Waals surface area contributed by atoms with Crippen molar-refractivity contribution < 1.29 is 47.2 Å². The zero-order chi connectivity index (χ0) is 17.9. The van der Waals surface area contributed by atoms with Crippen LogP contribution in [0.3, 0.4) is 0 Å². The molecule has 0 bridgehead atoms. The van der Waals surface area contributed by atoms with Gasteiger partial charge in [0.1, 0.15) is 0 Å². The van der Waals surface area contributed by atoms with Gasteiger partial charge < -0.3 is 21.0 Å². The zero-order valence-corrected chi connectivity index (χ0v) is 16.2. The van der Waals surface area contributed by atoms with E-state index in [4.69, 9.17) is 28.3 Å². The molecule has 2 rings (SSSR count). The molecule has 0 atom stereocenters. The monoisotopic (exact) mass is 402 g/mol. The summed E-state index contributed by atoms with van der Waals surface area (Å²) in [5.41, 5.74) is 0.884. The van der Waals surface area contributed by atoms with E-state index in [-0.39, 0.29) is 19.5 Å². The van der Waals surface area contributed by atoms with Crippen molar-refractivity contribution in [2.75, 3.05) is 0 Å². The van der Waals surface area contributed by atoms with E-state index in [1.807, 2.05) is 12.1 Å². The standard InChI is InChI=1S/2C7H7NO.H2O4S.Zn/c2*8-7(9)6-4-2-1-3-5-6;1-5(2,3)4;/h2*1-5H,(H2,8,9);(H2,1,2,3,4);/q;;;+2/p-2. The van der Waals surface area contributed by atoms with E-state index >= 15 is 0 Å². The van der Waals surface area contributed by atoms with Crippen LogP contribution in [0.25, 0.3) is 0 Å². The quantitative estimate of drug-likeness (QED) is 0.240. The molecule has 0 aliphatic heterocycles. The van der Waals surface area contributed by atoms with Gasteiger partial charge in [0.2, 0.25) is 0 Å². The van der Waals surface area contributed by atoms with Crippen LogP contribution >= 0.6 is 0 Å². The second-order valence-electron chi connectivity index (χ2n) is 3.84. The van der Waals surface area contributed by atoms with E-state index in [9.17, 15) is 10.2 Å². The molecule has 0 unspecified atom stereocenters. The molecular weight excluding hydrogens is 390 g/mol. The average molecular weight is 404 g/mol. The molecule has 0 saturated heterocycles. The Bertz CT molecular complexity index is 666. The van der Waals surface area contributed by atoms with Crippen molar-refractivity contribution in [3.05, 3.63) is 71.8 Å². The van der Waals surface area contributed by atoms with Crippen LogP contribution in [0, 0.1) is 10.8 Å². The smallest absolute Gasteiger partial charge is 0.859 e. The summed E-state index contributed by atoms with van der Waals surface area (Å²) in [5, 5.41) is 34.0. The van der Waals surface area contributed by atoms with Gasteiger partial charge in [0.05, 0.1) is 0 Å². The fraction of sp³-hybridized carbons (Fsp3) is 0. The third kappa shape index (κ3) is 14.8. The van der Waals surface area contributed by atoms with Crippen LogP contribution in [0.5, 0.6) is 0 Å². The van der Waals surface area contributed by atoms with Gasteiger partial charge in [-0.25, -0.2) is 0 Å². The Kier molecular flexibility index (Phi) is 12.4. The van der Waals surface area contributed by atoms with Gasteiger partial charge in [0.25, 0.3) is 0 Å². The fourth-order valence-corrected chi connectivity index (χ4v) is 1.18. The van der Waals surface area contributed by atoms with Gasteiger partial charge >= 0.3 is 29.9 Å². The van der Waals surface area contributed by atoms with E-state index in [2.05, 4.69) is 0 Å². The molecule has 24 heavy (non-hydrogen) atoms. The van der Waals surface area contributed by atoms with Crippen LogP contribution in [0.1, 0.15) is 11.1 Å². The van der Waals surface area contributed by atoms with Crippen LogP contribution in [-0.4, -0.2) is 29.3 Å². The maximum atomic E-state index is 10.3. The SMILES string of the molecule is N=C([O-])c1ccccc1.N=C([O-])c1ccccc1.O=S(=O)(O)O.[Zn+2]. The molecule has 0 fully saturated rings. The van der Waals surface area contributed by atoms with Gasteiger partial charge in [0, 0.05) is 0 Å². The van der Waals surface area contributed by atoms with Crippen molar-refractivity contribution in [3.63, 3.8) is 0 Å². The van der Waals surface area contributed by atoms with Gasteiger partial charge in [-0.1, -0.05) is 60.7 Å². The van der Waals surface area contributed by atoms with Crippen LogP contribution in [0.4, 0.5) is 0 Å². The number of benzene rings is 2. The molecule has 2 aromatic carbocycles. The van der Waals surface area contributed by atoms with E-state index < -0.39 is 22.2 Å². The Morgan fingerprint density at radius 3 is 1.08 bits per heavy atom. The summed E-state index contributed by atoms with van der Waals surface area (Å²) >= 11 is 0. The number of nitrogens with one attached hydrogen (secondary N) is 2. The van der Waals surface area contributed by atoms with Gasteiger partial charge in [-0.05, 0) is 22.9 Å². The van der Waals surface area contributed by atoms with Crippen molar-refractivity contribution in [1.82, 2.24) is 0 Å². The minimum atomic E-state index is -4.67. The number of hydrogen-bond acceptors (Lipinski definition) is 6. The Morgan fingerprint density at radius 2 is 0.958 bits per heavy atom. The third-order valence-corrected chi connectivity index (χ3v) is 2.07. The van der Waals surface area contributed by atoms with E-state index in [0.717, 1.165) is 0 Å². The largest absolute Gasteiger partial charge is 2.00 e. The molecule has 4 N–H and O–H groups in total. The summed E-state index contributed by atoms with van der Waals surface area (Å²) < 4.78 is 31.6. The molecule has 2 aromatic rings. The molecule has 0 aromatic heterocycles. The third-order valence-electron chi connectivity index (χ3n) is 2.07. The minimum absolute atomic E-state index is 0. The molecule has 124 valence electrons. The Balaban J connectivity index is 0. The minimum Gasteiger partial charge on any atom is -0.859 e. The summed E-state index contributed by atoms with van der Waals surface area (Å²) in [6.45, 7) is 0. The second-order valence-corrected chi connectivity index (χ2v) is 4.73. The van der Waals surface area contributed by atoms with Gasteiger partial charge in [-0.15, -0.1) is 0 Å². The van der Waals surface area contributed by atoms with Crippen molar-refractivity contribution in [3.8, 4) is 0 Å². The molecule has 8 nitrogen and oxygen atoms in total. The molecule has 0 saturated carbocycles. The first-order valence-corrected chi connectivity index (χ1v) is 7.33. The first-order chi connectivity index (χ1) is 10.6. The Labute approximate surface area is 152 Å². The predicted molar refractivity (Wildman–Crippen MR) is 80.7 cm³/mol. The maximum Gasteiger partial charge on any atom is 2.00 e. The molecule has 0 radical (unpaired) electrons. The van der Waals surface area contributed by atoms with Gasteiger partial charge in [-0.2, -0.15) is 8.42 Å². The summed E-state index contributed by atoms with van der Waals surface area (Å²) in [5.74, 6) is -1.26. The van der Waals surface area contributed by atoms with Crippen LogP contribution < -0.4 is 10.2 Å². The van der Waals surface area contributed by atoms with Crippen LogP contribution in [0.2, 0.25) is 0 Å². The zero-order valence-electron chi connectivity index (χ0n) is 12.4. The first kappa shape index (κ1) is 24.1. The number of rotatable bonds is 2. The fourth-order valence-electron chi connectivity index (χ4n) is 1.18. The summed E-state index contributed by atoms with van der Waals surface area (Å²) in [6.07, 6.45) is 0. The molecule has 0 aliphatic rings. The van der Waals surface area contributed by atoms with Crippen molar-refractivity contribution in [2.45, 2.75) is 0 Å². The molecule has 0 spiro atoms. The van der Waals surface area contributed by atoms with Crippen LogP contribution in [0.15, 0.2) is 60.7 Å². The summed E-state index contributed by atoms with van der Waals surface area (Å²) in [4.78, 5) is 0. The molecule has 0 heterocycles. The molecule has 10 heteroatoms. The predicted octanol–water partition coefficient (Wildman–Crippen LogP) is 0.0892. The second kappa shape index (κ2) is 12.3. The maximum absolute atomic E-state index is 10.3. The summed E-state index contributed by atoms with van der Waals surface area (Å²) in [7, 11) is -4.67. The Hall–Kier alpha value is -2.13. The first-order valence-electron chi connectivity index (χ1n) is 5.93. The molecule has 0 aliphatic carbocycles. The van der Waals surface area contributed by atoms with Gasteiger partial charge in [-0.3, -0.25) is 9.11 Å². The Morgan fingerprint density at radius 1 is 0.750 bits per heavy atom. The van der Waals surface area contributed by atoms with Crippen molar-refractivity contribution in [1.29, 1.82) is 10.8 Å². The van der Waals surface area contributed by atoms with Crippen LogP contribution in [-0.2, 0) is 29.9 Å². The number of hydrogen-bond donors (Lipinski definition) is 4.